The number of benzene rings is 1. The van der Waals surface area contributed by atoms with Crippen molar-refractivity contribution >= 4 is 23.4 Å². The van der Waals surface area contributed by atoms with Gasteiger partial charge in [-0.25, -0.2) is 0 Å². The van der Waals surface area contributed by atoms with Gasteiger partial charge in [-0.3, -0.25) is 14.4 Å². The Labute approximate surface area is 184 Å². The number of methoxy groups -OCH3 is 1. The van der Waals surface area contributed by atoms with Crippen molar-refractivity contribution in [1.29, 1.82) is 0 Å². The fourth-order valence-electron chi connectivity index (χ4n) is 4.32. The number of para-hydroxylation sites is 1. The SMILES string of the molecule is CCC(C)CNC(=O)CN1CN(c2ccccc2)C2(CCN(C(=O)COC)CC2)C1=O. The van der Waals surface area contributed by atoms with E-state index in [-0.39, 0.29) is 30.9 Å². The van der Waals surface area contributed by atoms with Gasteiger partial charge in [-0.1, -0.05) is 38.5 Å². The molecule has 0 saturated carbocycles. The second-order valence-corrected chi connectivity index (χ2v) is 8.57. The Morgan fingerprint density at radius 3 is 2.48 bits per heavy atom. The van der Waals surface area contributed by atoms with Gasteiger partial charge >= 0.3 is 0 Å². The number of piperidine rings is 1. The third-order valence-electron chi connectivity index (χ3n) is 6.47. The highest BCUT2D eigenvalue weighted by Gasteiger charge is 2.54. The Bertz CT molecular complexity index is 777. The van der Waals surface area contributed by atoms with Crippen molar-refractivity contribution in [2.75, 3.05) is 51.5 Å². The van der Waals surface area contributed by atoms with Gasteiger partial charge in [0.15, 0.2) is 0 Å². The summed E-state index contributed by atoms with van der Waals surface area (Å²) < 4.78 is 4.97. The van der Waals surface area contributed by atoms with Gasteiger partial charge in [-0.2, -0.15) is 0 Å². The van der Waals surface area contributed by atoms with Crippen LogP contribution in [-0.2, 0) is 19.1 Å². The number of nitrogens with zero attached hydrogens (tertiary/aromatic N) is 3. The first-order valence-electron chi connectivity index (χ1n) is 11.1. The van der Waals surface area contributed by atoms with Crippen LogP contribution in [0.4, 0.5) is 5.69 Å². The van der Waals surface area contributed by atoms with Crippen molar-refractivity contribution in [3.05, 3.63) is 30.3 Å². The number of hydrogen-bond donors (Lipinski definition) is 1. The average molecular weight is 431 g/mol. The molecule has 1 spiro atoms. The zero-order valence-electron chi connectivity index (χ0n) is 18.8. The van der Waals surface area contributed by atoms with Gasteiger partial charge in [0.25, 0.3) is 5.91 Å². The van der Waals surface area contributed by atoms with Crippen molar-refractivity contribution < 1.29 is 19.1 Å². The van der Waals surface area contributed by atoms with Gasteiger partial charge in [-0.05, 0) is 30.9 Å². The van der Waals surface area contributed by atoms with Crippen LogP contribution < -0.4 is 10.2 Å². The molecule has 2 aliphatic heterocycles. The summed E-state index contributed by atoms with van der Waals surface area (Å²) in [7, 11) is 1.51. The van der Waals surface area contributed by atoms with Crippen LogP contribution in [0.15, 0.2) is 30.3 Å². The molecular weight excluding hydrogens is 396 g/mol. The van der Waals surface area contributed by atoms with E-state index in [0.717, 1.165) is 12.1 Å². The molecule has 1 unspecified atom stereocenters. The van der Waals surface area contributed by atoms with Gasteiger partial charge in [-0.15, -0.1) is 0 Å². The van der Waals surface area contributed by atoms with Crippen LogP contribution in [-0.4, -0.2) is 79.6 Å². The first-order valence-corrected chi connectivity index (χ1v) is 11.1. The number of carbonyl (C=O) groups excluding carboxylic acids is 3. The third-order valence-corrected chi connectivity index (χ3v) is 6.47. The summed E-state index contributed by atoms with van der Waals surface area (Å²) in [6.07, 6.45) is 2.05. The molecule has 8 nitrogen and oxygen atoms in total. The smallest absolute Gasteiger partial charge is 0.250 e. The maximum Gasteiger partial charge on any atom is 0.250 e. The minimum atomic E-state index is -0.734. The summed E-state index contributed by atoms with van der Waals surface area (Å²) in [6.45, 7) is 6.24. The van der Waals surface area contributed by atoms with Crippen LogP contribution in [0.3, 0.4) is 0 Å². The van der Waals surface area contributed by atoms with Gasteiger partial charge in [0, 0.05) is 32.4 Å². The summed E-state index contributed by atoms with van der Waals surface area (Å²) in [5.74, 6) is 0.176. The highest BCUT2D eigenvalue weighted by molar-refractivity contribution is 5.96. The summed E-state index contributed by atoms with van der Waals surface area (Å²) in [5.41, 5.74) is 0.220. The molecule has 0 aliphatic carbocycles. The number of ether oxygens (including phenoxy) is 1. The highest BCUT2D eigenvalue weighted by atomic mass is 16.5. The fourth-order valence-corrected chi connectivity index (χ4v) is 4.32. The normalized spacial score (nSPS) is 19.1. The number of likely N-dealkylation sites (tertiary alicyclic amines) is 1. The maximum absolute atomic E-state index is 13.6. The Kier molecular flexibility index (Phi) is 7.54. The first kappa shape index (κ1) is 23.1. The molecule has 0 radical (unpaired) electrons. The van der Waals surface area contributed by atoms with Crippen molar-refractivity contribution in [2.45, 2.75) is 38.6 Å². The third kappa shape index (κ3) is 5.01. The molecule has 1 aromatic carbocycles. The second kappa shape index (κ2) is 10.1. The quantitative estimate of drug-likeness (QED) is 0.675. The minimum Gasteiger partial charge on any atom is -0.375 e. The zero-order chi connectivity index (χ0) is 22.4. The lowest BCUT2D eigenvalue weighted by Gasteiger charge is -2.43. The largest absolute Gasteiger partial charge is 0.375 e. The van der Waals surface area contributed by atoms with Crippen LogP contribution in [0.1, 0.15) is 33.1 Å². The van der Waals surface area contributed by atoms with E-state index >= 15 is 0 Å². The van der Waals surface area contributed by atoms with Crippen LogP contribution in [0.2, 0.25) is 0 Å². The number of amides is 3. The van der Waals surface area contributed by atoms with Crippen molar-refractivity contribution in [1.82, 2.24) is 15.1 Å². The zero-order valence-corrected chi connectivity index (χ0v) is 18.8. The van der Waals surface area contributed by atoms with Crippen molar-refractivity contribution in [3.8, 4) is 0 Å². The number of nitrogens with one attached hydrogen (secondary N) is 1. The molecule has 1 atom stereocenters. The molecule has 2 fully saturated rings. The lowest BCUT2D eigenvalue weighted by atomic mass is 9.85. The summed E-state index contributed by atoms with van der Waals surface area (Å²) in [4.78, 5) is 43.8. The number of anilines is 1. The predicted octanol–water partition coefficient (Wildman–Crippen LogP) is 1.46. The molecule has 2 saturated heterocycles. The molecule has 170 valence electrons. The maximum atomic E-state index is 13.6. The Morgan fingerprint density at radius 1 is 1.19 bits per heavy atom. The van der Waals surface area contributed by atoms with E-state index in [1.165, 1.54) is 7.11 Å². The van der Waals surface area contributed by atoms with E-state index < -0.39 is 5.54 Å². The molecule has 3 rings (SSSR count). The standard InChI is InChI=1S/C23H34N4O4/c1-4-18(2)14-24-20(28)15-26-17-27(19-8-6-5-7-9-19)23(22(26)30)10-12-25(13-11-23)21(29)16-31-3/h5-9,18H,4,10-17H2,1-3H3,(H,24,28). The molecule has 0 bridgehead atoms. The summed E-state index contributed by atoms with van der Waals surface area (Å²) in [5, 5.41) is 2.94. The van der Waals surface area contributed by atoms with E-state index in [2.05, 4.69) is 24.1 Å². The average Bonchev–Trinajstić information content (AvgIpc) is 3.04. The topological polar surface area (TPSA) is 82.2 Å². The molecular formula is C23H34N4O4. The van der Waals surface area contributed by atoms with E-state index in [1.54, 1.807) is 9.80 Å². The summed E-state index contributed by atoms with van der Waals surface area (Å²) in [6, 6.07) is 9.83. The minimum absolute atomic E-state index is 0.0334. The number of hydrogen-bond acceptors (Lipinski definition) is 5. The van der Waals surface area contributed by atoms with Gasteiger partial charge in [0.1, 0.15) is 18.7 Å². The predicted molar refractivity (Wildman–Crippen MR) is 118 cm³/mol. The Morgan fingerprint density at radius 2 is 1.87 bits per heavy atom. The second-order valence-electron chi connectivity index (χ2n) is 8.57. The van der Waals surface area contributed by atoms with E-state index in [1.807, 2.05) is 30.3 Å². The lowest BCUT2D eigenvalue weighted by molar-refractivity contribution is -0.141. The molecule has 2 heterocycles. The van der Waals surface area contributed by atoms with E-state index in [9.17, 15) is 14.4 Å². The first-order chi connectivity index (χ1) is 14.9. The molecule has 1 aromatic rings. The lowest BCUT2D eigenvalue weighted by Crippen LogP contribution is -2.57. The van der Waals surface area contributed by atoms with Crippen LogP contribution in [0.25, 0.3) is 0 Å². The van der Waals surface area contributed by atoms with Gasteiger partial charge in [0.2, 0.25) is 11.8 Å². The number of carbonyl (C=O) groups is 3. The molecule has 0 aromatic heterocycles. The van der Waals surface area contributed by atoms with Gasteiger partial charge in [0.05, 0.1) is 6.67 Å². The van der Waals surface area contributed by atoms with Crippen LogP contribution in [0, 0.1) is 5.92 Å². The van der Waals surface area contributed by atoms with Crippen LogP contribution in [0.5, 0.6) is 0 Å². The molecule has 31 heavy (non-hydrogen) atoms. The van der Waals surface area contributed by atoms with E-state index in [0.29, 0.717) is 45.1 Å². The Hall–Kier alpha value is -2.61. The Balaban J connectivity index is 1.75. The van der Waals surface area contributed by atoms with Crippen molar-refractivity contribution in [3.63, 3.8) is 0 Å². The highest BCUT2D eigenvalue weighted by Crippen LogP contribution is 2.39. The molecule has 1 N–H and O–H groups in total. The van der Waals surface area contributed by atoms with Gasteiger partial charge < -0.3 is 24.8 Å². The monoisotopic (exact) mass is 430 g/mol. The molecule has 2 aliphatic rings. The van der Waals surface area contributed by atoms with Crippen LogP contribution >= 0.6 is 0 Å². The van der Waals surface area contributed by atoms with E-state index in [4.69, 9.17) is 4.74 Å². The molecule has 8 heteroatoms. The molecule has 3 amide bonds. The van der Waals surface area contributed by atoms with Crippen molar-refractivity contribution in [2.24, 2.45) is 5.92 Å². The fraction of sp³-hybridized carbons (Fsp3) is 0.609. The number of rotatable bonds is 8. The summed E-state index contributed by atoms with van der Waals surface area (Å²) >= 11 is 0.